The van der Waals surface area contributed by atoms with Crippen LogP contribution < -0.4 is 0 Å². The molecule has 0 aromatic heterocycles. The van der Waals surface area contributed by atoms with Crippen molar-refractivity contribution in [3.8, 4) is 0 Å². The van der Waals surface area contributed by atoms with Crippen molar-refractivity contribution in [2.24, 2.45) is 0 Å². The first-order chi connectivity index (χ1) is 11.9. The van der Waals surface area contributed by atoms with E-state index in [0.717, 1.165) is 0 Å². The highest BCUT2D eigenvalue weighted by Gasteiger charge is 2.30. The SMILES string of the molecule is COCCCC(=O)N1CCN(S(=O)(=O)c2ccc(C(=O)O)cc2)CC1. The van der Waals surface area contributed by atoms with Gasteiger partial charge in [0.15, 0.2) is 0 Å². The summed E-state index contributed by atoms with van der Waals surface area (Å²) in [5, 5.41) is 8.88. The summed E-state index contributed by atoms with van der Waals surface area (Å²) in [5.74, 6) is -1.11. The third-order valence-electron chi connectivity index (χ3n) is 4.07. The molecule has 0 unspecified atom stereocenters. The summed E-state index contributed by atoms with van der Waals surface area (Å²) < 4.78 is 31.5. The Hall–Kier alpha value is -1.97. The van der Waals surface area contributed by atoms with Crippen LogP contribution in [0.5, 0.6) is 0 Å². The van der Waals surface area contributed by atoms with Gasteiger partial charge in [0.25, 0.3) is 0 Å². The fourth-order valence-corrected chi connectivity index (χ4v) is 4.04. The average Bonchev–Trinajstić information content (AvgIpc) is 2.62. The third-order valence-corrected chi connectivity index (χ3v) is 5.98. The molecule has 9 heteroatoms. The van der Waals surface area contributed by atoms with E-state index < -0.39 is 16.0 Å². The van der Waals surface area contributed by atoms with Gasteiger partial charge in [0.2, 0.25) is 15.9 Å². The lowest BCUT2D eigenvalue weighted by molar-refractivity contribution is -0.132. The van der Waals surface area contributed by atoms with E-state index in [4.69, 9.17) is 9.84 Å². The zero-order valence-corrected chi connectivity index (χ0v) is 14.9. The summed E-state index contributed by atoms with van der Waals surface area (Å²) in [5.41, 5.74) is 0.0328. The molecule has 8 nitrogen and oxygen atoms in total. The van der Waals surface area contributed by atoms with Crippen molar-refractivity contribution >= 4 is 21.9 Å². The van der Waals surface area contributed by atoms with Crippen molar-refractivity contribution in [3.05, 3.63) is 29.8 Å². The molecule has 1 aliphatic rings. The zero-order chi connectivity index (χ0) is 18.4. The van der Waals surface area contributed by atoms with Gasteiger partial charge in [-0.15, -0.1) is 0 Å². The molecule has 25 heavy (non-hydrogen) atoms. The number of carboxylic acid groups (broad SMARTS) is 1. The number of hydrogen-bond donors (Lipinski definition) is 1. The second-order valence-electron chi connectivity index (χ2n) is 5.71. The molecular formula is C16H22N2O6S. The van der Waals surface area contributed by atoms with Gasteiger partial charge in [-0.1, -0.05) is 0 Å². The Morgan fingerprint density at radius 2 is 1.72 bits per heavy atom. The number of carboxylic acids is 1. The van der Waals surface area contributed by atoms with Crippen LogP contribution in [-0.2, 0) is 19.6 Å². The lowest BCUT2D eigenvalue weighted by Gasteiger charge is -2.34. The fourth-order valence-electron chi connectivity index (χ4n) is 2.62. The third kappa shape index (κ3) is 4.77. The number of ether oxygens (including phenoxy) is 1. The lowest BCUT2D eigenvalue weighted by atomic mass is 10.2. The van der Waals surface area contributed by atoms with Crippen molar-refractivity contribution in [2.75, 3.05) is 39.9 Å². The Morgan fingerprint density at radius 1 is 1.12 bits per heavy atom. The molecule has 0 aliphatic carbocycles. The maximum absolute atomic E-state index is 12.6. The number of nitrogens with zero attached hydrogens (tertiary/aromatic N) is 2. The molecule has 1 saturated heterocycles. The minimum absolute atomic E-state index is 0.0000842. The molecule has 0 bridgehead atoms. The molecule has 0 spiro atoms. The van der Waals surface area contributed by atoms with E-state index in [1.54, 1.807) is 12.0 Å². The smallest absolute Gasteiger partial charge is 0.335 e. The molecule has 1 fully saturated rings. The van der Waals surface area contributed by atoms with E-state index in [1.165, 1.54) is 28.6 Å². The summed E-state index contributed by atoms with van der Waals surface area (Å²) in [4.78, 5) is 24.6. The van der Waals surface area contributed by atoms with E-state index in [1.807, 2.05) is 0 Å². The van der Waals surface area contributed by atoms with Crippen molar-refractivity contribution in [1.29, 1.82) is 0 Å². The molecule has 2 rings (SSSR count). The number of piperazine rings is 1. The number of carbonyl (C=O) groups excluding carboxylic acids is 1. The molecule has 1 N–H and O–H groups in total. The Morgan fingerprint density at radius 3 is 2.24 bits per heavy atom. The Balaban J connectivity index is 1.96. The van der Waals surface area contributed by atoms with Gasteiger partial charge in [0, 0.05) is 46.3 Å². The molecule has 0 saturated carbocycles. The summed E-state index contributed by atoms with van der Waals surface area (Å²) in [7, 11) is -2.11. The van der Waals surface area contributed by atoms with Crippen LogP contribution in [0.1, 0.15) is 23.2 Å². The predicted molar refractivity (Wildman–Crippen MR) is 89.9 cm³/mol. The first-order valence-corrected chi connectivity index (χ1v) is 9.40. The molecule has 138 valence electrons. The van der Waals surface area contributed by atoms with Crippen LogP contribution in [0.3, 0.4) is 0 Å². The quantitative estimate of drug-likeness (QED) is 0.707. The van der Waals surface area contributed by atoms with Crippen LogP contribution in [0, 0.1) is 0 Å². The van der Waals surface area contributed by atoms with Gasteiger partial charge in [0.05, 0.1) is 10.5 Å². The van der Waals surface area contributed by atoms with Crippen LogP contribution in [-0.4, -0.2) is 74.5 Å². The molecule has 0 atom stereocenters. The van der Waals surface area contributed by atoms with Crippen LogP contribution in [0.15, 0.2) is 29.2 Å². The number of aromatic carboxylic acids is 1. The second kappa shape index (κ2) is 8.41. The Bertz CT molecular complexity index is 709. The molecule has 0 radical (unpaired) electrons. The number of benzene rings is 1. The molecule has 1 aromatic carbocycles. The number of amides is 1. The van der Waals surface area contributed by atoms with Crippen molar-refractivity contribution in [1.82, 2.24) is 9.21 Å². The van der Waals surface area contributed by atoms with Gasteiger partial charge in [-0.2, -0.15) is 4.31 Å². The molecule has 1 amide bonds. The normalized spacial score (nSPS) is 16.0. The molecule has 1 aromatic rings. The summed E-state index contributed by atoms with van der Waals surface area (Å²) in [6, 6.07) is 5.12. The maximum Gasteiger partial charge on any atom is 0.335 e. The highest BCUT2D eigenvalue weighted by atomic mass is 32.2. The topological polar surface area (TPSA) is 104 Å². The average molecular weight is 370 g/mol. The van der Waals surface area contributed by atoms with Crippen LogP contribution >= 0.6 is 0 Å². The van der Waals surface area contributed by atoms with Crippen LogP contribution in [0.4, 0.5) is 0 Å². The van der Waals surface area contributed by atoms with Gasteiger partial charge < -0.3 is 14.7 Å². The van der Waals surface area contributed by atoms with Gasteiger partial charge >= 0.3 is 5.97 Å². The minimum atomic E-state index is -3.69. The van der Waals surface area contributed by atoms with E-state index in [9.17, 15) is 18.0 Å². The largest absolute Gasteiger partial charge is 0.478 e. The summed E-state index contributed by atoms with van der Waals surface area (Å²) in [6.45, 7) is 1.65. The second-order valence-corrected chi connectivity index (χ2v) is 7.65. The van der Waals surface area contributed by atoms with E-state index in [-0.39, 0.29) is 29.5 Å². The zero-order valence-electron chi connectivity index (χ0n) is 14.1. The molecule has 1 heterocycles. The van der Waals surface area contributed by atoms with E-state index >= 15 is 0 Å². The van der Waals surface area contributed by atoms with E-state index in [2.05, 4.69) is 0 Å². The first-order valence-electron chi connectivity index (χ1n) is 7.96. The summed E-state index contributed by atoms with van der Waals surface area (Å²) >= 11 is 0. The van der Waals surface area contributed by atoms with Crippen LogP contribution in [0.2, 0.25) is 0 Å². The minimum Gasteiger partial charge on any atom is -0.478 e. The van der Waals surface area contributed by atoms with Gasteiger partial charge in [-0.3, -0.25) is 4.79 Å². The Kier molecular flexibility index (Phi) is 6.51. The first kappa shape index (κ1) is 19.4. The molecule has 1 aliphatic heterocycles. The predicted octanol–water partition coefficient (Wildman–Crippen LogP) is 0.644. The van der Waals surface area contributed by atoms with Crippen LogP contribution in [0.25, 0.3) is 0 Å². The molecular weight excluding hydrogens is 348 g/mol. The van der Waals surface area contributed by atoms with Crippen molar-refractivity contribution in [2.45, 2.75) is 17.7 Å². The number of rotatable bonds is 7. The van der Waals surface area contributed by atoms with Gasteiger partial charge in [0.1, 0.15) is 0 Å². The van der Waals surface area contributed by atoms with Gasteiger partial charge in [-0.25, -0.2) is 13.2 Å². The number of hydrogen-bond acceptors (Lipinski definition) is 5. The lowest BCUT2D eigenvalue weighted by Crippen LogP contribution is -2.50. The number of sulfonamides is 1. The Labute approximate surface area is 147 Å². The van der Waals surface area contributed by atoms with Crippen molar-refractivity contribution in [3.63, 3.8) is 0 Å². The monoisotopic (exact) mass is 370 g/mol. The maximum atomic E-state index is 12.6. The highest BCUT2D eigenvalue weighted by Crippen LogP contribution is 2.18. The number of methoxy groups -OCH3 is 1. The highest BCUT2D eigenvalue weighted by molar-refractivity contribution is 7.89. The summed E-state index contributed by atoms with van der Waals surface area (Å²) in [6.07, 6.45) is 1.03. The van der Waals surface area contributed by atoms with Crippen molar-refractivity contribution < 1.29 is 27.9 Å². The van der Waals surface area contributed by atoms with E-state index in [0.29, 0.717) is 32.5 Å². The van der Waals surface area contributed by atoms with Gasteiger partial charge in [-0.05, 0) is 30.7 Å². The standard InChI is InChI=1S/C16H22N2O6S/c1-24-12-2-3-15(19)17-8-10-18(11-9-17)25(22,23)14-6-4-13(5-7-14)16(20)21/h4-7H,2-3,8-12H2,1H3,(H,20,21). The fraction of sp³-hybridized carbons (Fsp3) is 0.500. The number of carbonyl (C=O) groups is 2.